The standard InChI is InChI=1S/C24H35N3O5/c1-9-26-16(4)19(15(3)20(26)22(29)31-10-2)21(28)17(5)27(14-18-12-11-13-32-18)23(30)25-24(6,7)8/h11-13,17H,9-10,14H2,1-8H3,(H,25,30). The highest BCUT2D eigenvalue weighted by atomic mass is 16.5. The maximum Gasteiger partial charge on any atom is 0.355 e. The highest BCUT2D eigenvalue weighted by Gasteiger charge is 2.34. The number of rotatable bonds is 8. The molecule has 1 unspecified atom stereocenters. The van der Waals surface area contributed by atoms with Gasteiger partial charge in [0.25, 0.3) is 0 Å². The zero-order valence-electron chi connectivity index (χ0n) is 20.4. The van der Waals surface area contributed by atoms with Crippen molar-refractivity contribution in [3.05, 3.63) is 46.7 Å². The van der Waals surface area contributed by atoms with Crippen molar-refractivity contribution >= 4 is 17.8 Å². The number of furan rings is 1. The van der Waals surface area contributed by atoms with Crippen molar-refractivity contribution in [2.45, 2.75) is 80.1 Å². The lowest BCUT2D eigenvalue weighted by Crippen LogP contribution is -2.52. The molecule has 2 amide bonds. The maximum absolute atomic E-state index is 13.7. The van der Waals surface area contributed by atoms with Crippen LogP contribution in [-0.2, 0) is 17.8 Å². The topological polar surface area (TPSA) is 93.8 Å². The van der Waals surface area contributed by atoms with E-state index in [1.54, 1.807) is 37.5 Å². The molecule has 2 heterocycles. The molecule has 32 heavy (non-hydrogen) atoms. The summed E-state index contributed by atoms with van der Waals surface area (Å²) >= 11 is 0. The van der Waals surface area contributed by atoms with Gasteiger partial charge >= 0.3 is 12.0 Å². The van der Waals surface area contributed by atoms with Gasteiger partial charge in [0.2, 0.25) is 0 Å². The van der Waals surface area contributed by atoms with Crippen LogP contribution in [0.1, 0.15) is 79.4 Å². The van der Waals surface area contributed by atoms with Gasteiger partial charge in [0.05, 0.1) is 25.5 Å². The number of nitrogens with one attached hydrogen (secondary N) is 1. The van der Waals surface area contributed by atoms with Crippen LogP contribution in [0, 0.1) is 13.8 Å². The molecule has 0 bridgehead atoms. The van der Waals surface area contributed by atoms with E-state index < -0.39 is 17.6 Å². The molecule has 0 aromatic carbocycles. The Morgan fingerprint density at radius 2 is 1.88 bits per heavy atom. The summed E-state index contributed by atoms with van der Waals surface area (Å²) in [5, 5.41) is 2.92. The molecule has 0 saturated heterocycles. The Hall–Kier alpha value is -3.03. The molecule has 8 nitrogen and oxygen atoms in total. The number of carbonyl (C=O) groups excluding carboxylic acids is 3. The number of carbonyl (C=O) groups is 3. The van der Waals surface area contributed by atoms with Crippen molar-refractivity contribution in [2.24, 2.45) is 0 Å². The highest BCUT2D eigenvalue weighted by molar-refractivity contribution is 6.06. The lowest BCUT2D eigenvalue weighted by atomic mass is 9.99. The number of hydrogen-bond donors (Lipinski definition) is 1. The monoisotopic (exact) mass is 445 g/mol. The van der Waals surface area contributed by atoms with E-state index in [0.717, 1.165) is 0 Å². The zero-order chi connectivity index (χ0) is 24.2. The number of esters is 1. The minimum atomic E-state index is -0.789. The first kappa shape index (κ1) is 25.2. The summed E-state index contributed by atoms with van der Waals surface area (Å²) in [6, 6.07) is 2.34. The first-order chi connectivity index (χ1) is 14.9. The molecule has 0 aliphatic rings. The van der Waals surface area contributed by atoms with Gasteiger partial charge in [0.15, 0.2) is 5.78 Å². The summed E-state index contributed by atoms with van der Waals surface area (Å²) < 4.78 is 12.4. The van der Waals surface area contributed by atoms with Gasteiger partial charge in [0.1, 0.15) is 11.5 Å². The van der Waals surface area contributed by atoms with Gasteiger partial charge in [-0.25, -0.2) is 9.59 Å². The van der Waals surface area contributed by atoms with Gasteiger partial charge in [-0.3, -0.25) is 4.79 Å². The molecule has 2 aromatic rings. The summed E-state index contributed by atoms with van der Waals surface area (Å²) in [4.78, 5) is 40.8. The first-order valence-corrected chi connectivity index (χ1v) is 10.9. The van der Waals surface area contributed by atoms with Crippen molar-refractivity contribution in [2.75, 3.05) is 6.61 Å². The minimum absolute atomic E-state index is 0.138. The van der Waals surface area contributed by atoms with Crippen LogP contribution in [0.5, 0.6) is 0 Å². The van der Waals surface area contributed by atoms with Crippen molar-refractivity contribution in [1.29, 1.82) is 0 Å². The number of ether oxygens (including phenoxy) is 1. The van der Waals surface area contributed by atoms with E-state index in [0.29, 0.717) is 34.8 Å². The van der Waals surface area contributed by atoms with Crippen LogP contribution in [0.15, 0.2) is 22.8 Å². The molecule has 0 fully saturated rings. The molecule has 1 atom stereocenters. The summed E-state index contributed by atoms with van der Waals surface area (Å²) in [5.41, 5.74) is 1.58. The Morgan fingerprint density at radius 3 is 2.38 bits per heavy atom. The lowest BCUT2D eigenvalue weighted by Gasteiger charge is -2.31. The fraction of sp³-hybridized carbons (Fsp3) is 0.542. The second-order valence-electron chi connectivity index (χ2n) is 8.83. The maximum atomic E-state index is 13.7. The molecule has 0 aliphatic carbocycles. The molecule has 2 rings (SSSR count). The van der Waals surface area contributed by atoms with Gasteiger partial charge in [-0.1, -0.05) is 0 Å². The summed E-state index contributed by atoms with van der Waals surface area (Å²) in [7, 11) is 0. The second-order valence-corrected chi connectivity index (χ2v) is 8.83. The number of urea groups is 1. The number of amides is 2. The number of hydrogen-bond acceptors (Lipinski definition) is 5. The molecule has 0 spiro atoms. The molecule has 0 aliphatic heterocycles. The minimum Gasteiger partial charge on any atom is -0.467 e. The van der Waals surface area contributed by atoms with Crippen LogP contribution >= 0.6 is 0 Å². The van der Waals surface area contributed by atoms with E-state index in [-0.39, 0.29) is 25.0 Å². The summed E-state index contributed by atoms with van der Waals surface area (Å²) in [6.45, 7) is 15.4. The van der Waals surface area contributed by atoms with Gasteiger partial charge < -0.3 is 23.9 Å². The molecule has 176 valence electrons. The molecule has 8 heteroatoms. The molecule has 0 saturated carbocycles. The number of Topliss-reactive ketones (excluding diaryl/α,β-unsaturated/α-hetero) is 1. The van der Waals surface area contributed by atoms with Gasteiger partial charge in [0, 0.05) is 23.3 Å². The van der Waals surface area contributed by atoms with E-state index in [1.165, 1.54) is 11.2 Å². The summed E-state index contributed by atoms with van der Waals surface area (Å²) in [5.74, 6) is -0.131. The molecule has 0 radical (unpaired) electrons. The third-order valence-corrected chi connectivity index (χ3v) is 5.29. The zero-order valence-corrected chi connectivity index (χ0v) is 20.4. The largest absolute Gasteiger partial charge is 0.467 e. The third kappa shape index (κ3) is 5.41. The van der Waals surface area contributed by atoms with Crippen molar-refractivity contribution < 1.29 is 23.5 Å². The lowest BCUT2D eigenvalue weighted by molar-refractivity contribution is 0.0512. The molecular weight excluding hydrogens is 410 g/mol. The quantitative estimate of drug-likeness (QED) is 0.478. The number of aromatic nitrogens is 1. The van der Waals surface area contributed by atoms with Crippen LogP contribution in [0.4, 0.5) is 4.79 Å². The predicted molar refractivity (Wildman–Crippen MR) is 122 cm³/mol. The Labute approximate surface area is 189 Å². The second kappa shape index (κ2) is 10.1. The Morgan fingerprint density at radius 1 is 1.22 bits per heavy atom. The van der Waals surface area contributed by atoms with Crippen LogP contribution in [-0.4, -0.2) is 45.4 Å². The van der Waals surface area contributed by atoms with E-state index in [1.807, 2.05) is 34.6 Å². The van der Waals surface area contributed by atoms with Crippen LogP contribution in [0.2, 0.25) is 0 Å². The Kier molecular flexibility index (Phi) is 7.93. The number of ketones is 1. The average Bonchev–Trinajstić information content (AvgIpc) is 3.29. The average molecular weight is 446 g/mol. The Balaban J connectivity index is 2.48. The SMILES string of the molecule is CCOC(=O)c1c(C)c(C(=O)C(C)N(Cc2ccco2)C(=O)NC(C)(C)C)c(C)n1CC. The van der Waals surface area contributed by atoms with Crippen LogP contribution < -0.4 is 5.32 Å². The van der Waals surface area contributed by atoms with Crippen molar-refractivity contribution in [3.8, 4) is 0 Å². The van der Waals surface area contributed by atoms with Crippen LogP contribution in [0.25, 0.3) is 0 Å². The van der Waals surface area contributed by atoms with Crippen molar-refractivity contribution in [3.63, 3.8) is 0 Å². The van der Waals surface area contributed by atoms with E-state index >= 15 is 0 Å². The fourth-order valence-electron chi connectivity index (χ4n) is 3.81. The van der Waals surface area contributed by atoms with E-state index in [9.17, 15) is 14.4 Å². The highest BCUT2D eigenvalue weighted by Crippen LogP contribution is 2.26. The summed E-state index contributed by atoms with van der Waals surface area (Å²) in [6.07, 6.45) is 1.53. The predicted octanol–water partition coefficient (Wildman–Crippen LogP) is 4.48. The van der Waals surface area contributed by atoms with Gasteiger partial charge in [-0.05, 0) is 73.1 Å². The van der Waals surface area contributed by atoms with Gasteiger partial charge in [-0.15, -0.1) is 0 Å². The van der Waals surface area contributed by atoms with Crippen molar-refractivity contribution in [1.82, 2.24) is 14.8 Å². The first-order valence-electron chi connectivity index (χ1n) is 10.9. The molecule has 1 N–H and O–H groups in total. The fourth-order valence-corrected chi connectivity index (χ4v) is 3.81. The molecule has 2 aromatic heterocycles. The smallest absolute Gasteiger partial charge is 0.355 e. The Bertz CT molecular complexity index is 967. The third-order valence-electron chi connectivity index (χ3n) is 5.29. The van der Waals surface area contributed by atoms with E-state index in [2.05, 4.69) is 5.32 Å². The normalized spacial score (nSPS) is 12.4. The van der Waals surface area contributed by atoms with E-state index in [4.69, 9.17) is 9.15 Å². The molecular formula is C24H35N3O5. The van der Waals surface area contributed by atoms with Crippen LogP contribution in [0.3, 0.4) is 0 Å². The number of nitrogens with zero attached hydrogens (tertiary/aromatic N) is 2. The van der Waals surface area contributed by atoms with Gasteiger partial charge in [-0.2, -0.15) is 0 Å².